The van der Waals surface area contributed by atoms with Gasteiger partial charge in [-0.05, 0) is 28.8 Å². The molecule has 0 spiro atoms. The Morgan fingerprint density at radius 1 is 0.848 bits per heavy atom. The van der Waals surface area contributed by atoms with E-state index in [1.807, 2.05) is 17.7 Å². The number of benzene rings is 3. The Morgan fingerprint density at radius 2 is 1.55 bits per heavy atom. The van der Waals surface area contributed by atoms with Gasteiger partial charge in [-0.2, -0.15) is 13.2 Å². The minimum absolute atomic E-state index is 0.645. The van der Waals surface area contributed by atoms with Crippen LogP contribution in [-0.4, -0.2) is 21.0 Å². The van der Waals surface area contributed by atoms with E-state index in [4.69, 9.17) is 4.98 Å². The van der Waals surface area contributed by atoms with Crippen LogP contribution in [0.25, 0.3) is 22.5 Å². The molecule has 0 fully saturated rings. The van der Waals surface area contributed by atoms with Crippen molar-refractivity contribution in [2.75, 3.05) is 6.54 Å². The summed E-state index contributed by atoms with van der Waals surface area (Å²) >= 11 is 0. The van der Waals surface area contributed by atoms with Crippen LogP contribution in [0.4, 0.5) is 13.2 Å². The molecular formula is C27H24F3N3. The second-order valence-corrected chi connectivity index (χ2v) is 8.45. The summed E-state index contributed by atoms with van der Waals surface area (Å²) in [5, 5.41) is 0. The second-order valence-electron chi connectivity index (χ2n) is 8.45. The molecule has 1 aromatic heterocycles. The van der Waals surface area contributed by atoms with Crippen molar-refractivity contribution in [1.82, 2.24) is 14.5 Å². The molecule has 0 bridgehead atoms. The summed E-state index contributed by atoms with van der Waals surface area (Å²) in [5.74, 6) is 0.709. The SMILES string of the molecule is Cn1c(-c2ccc(C(F)(F)F)cc2)nc2c1CN(Cc1ccccc1-c1ccccc1)CC2. The molecule has 0 aliphatic carbocycles. The molecule has 168 valence electrons. The van der Waals surface area contributed by atoms with Crippen molar-refractivity contribution >= 4 is 0 Å². The number of fused-ring (bicyclic) bond motifs is 1. The van der Waals surface area contributed by atoms with Crippen LogP contribution >= 0.6 is 0 Å². The van der Waals surface area contributed by atoms with Crippen LogP contribution in [0.3, 0.4) is 0 Å². The van der Waals surface area contributed by atoms with Gasteiger partial charge in [0.05, 0.1) is 17.0 Å². The van der Waals surface area contributed by atoms with Crippen LogP contribution < -0.4 is 0 Å². The van der Waals surface area contributed by atoms with Gasteiger partial charge in [0.25, 0.3) is 0 Å². The highest BCUT2D eigenvalue weighted by Crippen LogP contribution is 2.32. The highest BCUT2D eigenvalue weighted by atomic mass is 19.4. The molecule has 0 N–H and O–H groups in total. The third kappa shape index (κ3) is 4.31. The number of hydrogen-bond donors (Lipinski definition) is 0. The molecule has 2 heterocycles. The highest BCUT2D eigenvalue weighted by molar-refractivity contribution is 5.67. The summed E-state index contributed by atoms with van der Waals surface area (Å²) in [5.41, 5.74) is 5.91. The molecule has 1 aliphatic heterocycles. The third-order valence-electron chi connectivity index (χ3n) is 6.30. The molecule has 4 aromatic rings. The lowest BCUT2D eigenvalue weighted by Crippen LogP contribution is -2.31. The summed E-state index contributed by atoms with van der Waals surface area (Å²) in [6.07, 6.45) is -3.52. The van der Waals surface area contributed by atoms with E-state index in [1.165, 1.54) is 28.8 Å². The van der Waals surface area contributed by atoms with Crippen LogP contribution in [0.2, 0.25) is 0 Å². The van der Waals surface area contributed by atoms with Gasteiger partial charge >= 0.3 is 6.18 Å². The average molecular weight is 448 g/mol. The number of aromatic nitrogens is 2. The van der Waals surface area contributed by atoms with Gasteiger partial charge in [-0.1, -0.05) is 66.7 Å². The van der Waals surface area contributed by atoms with E-state index >= 15 is 0 Å². The van der Waals surface area contributed by atoms with Crippen LogP contribution in [0.1, 0.15) is 22.5 Å². The predicted molar refractivity (Wildman–Crippen MR) is 123 cm³/mol. The number of nitrogens with zero attached hydrogens (tertiary/aromatic N) is 3. The van der Waals surface area contributed by atoms with Gasteiger partial charge in [0.15, 0.2) is 0 Å². The third-order valence-corrected chi connectivity index (χ3v) is 6.30. The zero-order valence-electron chi connectivity index (χ0n) is 18.3. The van der Waals surface area contributed by atoms with Crippen molar-refractivity contribution < 1.29 is 13.2 Å². The number of rotatable bonds is 4. The summed E-state index contributed by atoms with van der Waals surface area (Å²) in [6, 6.07) is 24.1. The van der Waals surface area contributed by atoms with Crippen molar-refractivity contribution in [2.24, 2.45) is 7.05 Å². The minimum atomic E-state index is -4.34. The van der Waals surface area contributed by atoms with Gasteiger partial charge in [0.1, 0.15) is 5.82 Å². The maximum absolute atomic E-state index is 12.9. The Labute approximate surface area is 191 Å². The zero-order chi connectivity index (χ0) is 23.0. The second kappa shape index (κ2) is 8.52. The topological polar surface area (TPSA) is 21.1 Å². The molecule has 0 saturated heterocycles. The molecular weight excluding hydrogens is 423 g/mol. The lowest BCUT2D eigenvalue weighted by molar-refractivity contribution is -0.137. The molecule has 0 saturated carbocycles. The fourth-order valence-corrected chi connectivity index (χ4v) is 4.54. The zero-order valence-corrected chi connectivity index (χ0v) is 18.3. The fraction of sp³-hybridized carbons (Fsp3) is 0.222. The first-order valence-electron chi connectivity index (χ1n) is 11.0. The van der Waals surface area contributed by atoms with Crippen LogP contribution in [0.5, 0.6) is 0 Å². The van der Waals surface area contributed by atoms with Crippen molar-refractivity contribution in [3.05, 3.63) is 101 Å². The average Bonchev–Trinajstić information content (AvgIpc) is 3.15. The summed E-state index contributed by atoms with van der Waals surface area (Å²) in [6.45, 7) is 2.47. The van der Waals surface area contributed by atoms with Crippen molar-refractivity contribution in [1.29, 1.82) is 0 Å². The van der Waals surface area contributed by atoms with Crippen molar-refractivity contribution in [2.45, 2.75) is 25.7 Å². The monoisotopic (exact) mass is 447 g/mol. The van der Waals surface area contributed by atoms with Crippen LogP contribution in [-0.2, 0) is 32.7 Å². The number of alkyl halides is 3. The molecule has 0 amide bonds. The Morgan fingerprint density at radius 3 is 2.27 bits per heavy atom. The largest absolute Gasteiger partial charge is 0.416 e. The Kier molecular flexibility index (Phi) is 5.54. The summed E-state index contributed by atoms with van der Waals surface area (Å²) < 4.78 is 40.8. The molecule has 33 heavy (non-hydrogen) atoms. The number of imidazole rings is 1. The molecule has 3 aromatic carbocycles. The standard InChI is InChI=1S/C27H24F3N3/c1-32-25-18-33(17-21-9-5-6-10-23(21)19-7-3-2-4-8-19)16-15-24(25)31-26(32)20-11-13-22(14-12-20)27(28,29)30/h2-14H,15-18H2,1H3. The first-order valence-corrected chi connectivity index (χ1v) is 11.0. The van der Waals surface area contributed by atoms with Crippen LogP contribution in [0, 0.1) is 0 Å². The quantitative estimate of drug-likeness (QED) is 0.364. The van der Waals surface area contributed by atoms with E-state index < -0.39 is 11.7 Å². The van der Waals surface area contributed by atoms with Gasteiger partial charge in [-0.3, -0.25) is 4.90 Å². The normalized spacial score (nSPS) is 14.3. The van der Waals surface area contributed by atoms with Gasteiger partial charge in [-0.25, -0.2) is 4.98 Å². The van der Waals surface area contributed by atoms with E-state index in [0.717, 1.165) is 49.6 Å². The Hall–Kier alpha value is -3.38. The maximum atomic E-state index is 12.9. The van der Waals surface area contributed by atoms with Crippen LogP contribution in [0.15, 0.2) is 78.9 Å². The maximum Gasteiger partial charge on any atom is 0.416 e. The fourth-order valence-electron chi connectivity index (χ4n) is 4.54. The summed E-state index contributed by atoms with van der Waals surface area (Å²) in [7, 11) is 1.94. The van der Waals surface area contributed by atoms with Crippen molar-refractivity contribution in [3.8, 4) is 22.5 Å². The Balaban J connectivity index is 1.38. The smallest absolute Gasteiger partial charge is 0.330 e. The first kappa shape index (κ1) is 21.5. The van der Waals surface area contributed by atoms with Gasteiger partial charge in [0, 0.05) is 38.7 Å². The highest BCUT2D eigenvalue weighted by Gasteiger charge is 2.30. The molecule has 5 rings (SSSR count). The predicted octanol–water partition coefficient (Wildman–Crippen LogP) is 6.33. The van der Waals surface area contributed by atoms with Gasteiger partial charge in [0.2, 0.25) is 0 Å². The van der Waals surface area contributed by atoms with E-state index in [2.05, 4.69) is 53.4 Å². The Bertz CT molecular complexity index is 1260. The molecule has 6 heteroatoms. The minimum Gasteiger partial charge on any atom is -0.330 e. The molecule has 1 aliphatic rings. The molecule has 0 atom stereocenters. The van der Waals surface area contributed by atoms with E-state index in [0.29, 0.717) is 11.4 Å². The lowest BCUT2D eigenvalue weighted by Gasteiger charge is -2.28. The number of halogens is 3. The lowest BCUT2D eigenvalue weighted by atomic mass is 9.99. The van der Waals surface area contributed by atoms with E-state index in [-0.39, 0.29) is 0 Å². The van der Waals surface area contributed by atoms with Gasteiger partial charge in [-0.15, -0.1) is 0 Å². The molecule has 0 radical (unpaired) electrons. The molecule has 3 nitrogen and oxygen atoms in total. The number of hydrogen-bond acceptors (Lipinski definition) is 2. The van der Waals surface area contributed by atoms with E-state index in [1.54, 1.807) is 0 Å². The van der Waals surface area contributed by atoms with Crippen molar-refractivity contribution in [3.63, 3.8) is 0 Å². The van der Waals surface area contributed by atoms with E-state index in [9.17, 15) is 13.2 Å². The molecule has 0 unspecified atom stereocenters. The van der Waals surface area contributed by atoms with Gasteiger partial charge < -0.3 is 4.57 Å². The summed E-state index contributed by atoms with van der Waals surface area (Å²) in [4.78, 5) is 7.18. The first-order chi connectivity index (χ1) is 15.9.